The Bertz CT molecular complexity index is 434. The van der Waals surface area contributed by atoms with Crippen LogP contribution >= 0.6 is 11.6 Å². The van der Waals surface area contributed by atoms with Gasteiger partial charge in [-0.25, -0.2) is 0 Å². The van der Waals surface area contributed by atoms with E-state index in [0.717, 1.165) is 12.1 Å². The van der Waals surface area contributed by atoms with Crippen LogP contribution in [0, 0.1) is 0 Å². The summed E-state index contributed by atoms with van der Waals surface area (Å²) < 4.78 is 39.4. The molecule has 0 atom stereocenters. The average Bonchev–Trinajstić information content (AvgIpc) is 2.07. The van der Waals surface area contributed by atoms with Gasteiger partial charge in [0.1, 0.15) is 0 Å². The predicted octanol–water partition coefficient (Wildman–Crippen LogP) is 1.92. The highest BCUT2D eigenvalue weighted by molar-refractivity contribution is 6.31. The van der Waals surface area contributed by atoms with E-state index >= 15 is 0 Å². The van der Waals surface area contributed by atoms with Gasteiger partial charge in [-0.2, -0.15) is 0 Å². The highest BCUT2D eigenvalue weighted by Gasteiger charge is 2.32. The second-order valence-corrected chi connectivity index (χ2v) is 3.21. The van der Waals surface area contributed by atoms with Gasteiger partial charge in [0.25, 0.3) is 5.91 Å². The molecule has 0 unspecified atom stereocenters. The van der Waals surface area contributed by atoms with Gasteiger partial charge < -0.3 is 16.2 Å². The van der Waals surface area contributed by atoms with Gasteiger partial charge in [-0.05, 0) is 6.07 Å². The molecule has 4 nitrogen and oxygen atoms in total. The Hall–Kier alpha value is -1.63. The number of primary amides is 1. The highest BCUT2D eigenvalue weighted by atomic mass is 35.5. The Balaban J connectivity index is 3.25. The summed E-state index contributed by atoms with van der Waals surface area (Å²) >= 11 is 5.48. The van der Waals surface area contributed by atoms with Crippen molar-refractivity contribution in [3.05, 3.63) is 22.7 Å². The van der Waals surface area contributed by atoms with E-state index in [1.807, 2.05) is 0 Å². The fourth-order valence-corrected chi connectivity index (χ4v) is 1.21. The first kappa shape index (κ1) is 12.4. The zero-order valence-electron chi connectivity index (χ0n) is 7.64. The van der Waals surface area contributed by atoms with E-state index in [0.29, 0.717) is 0 Å². The van der Waals surface area contributed by atoms with Gasteiger partial charge in [-0.3, -0.25) is 4.79 Å². The summed E-state index contributed by atoms with van der Waals surface area (Å²) in [6, 6.07) is 1.90. The summed E-state index contributed by atoms with van der Waals surface area (Å²) in [5, 5.41) is -0.137. The fraction of sp³-hybridized carbons (Fsp3) is 0.125. The van der Waals surface area contributed by atoms with Crippen molar-refractivity contribution in [3.63, 3.8) is 0 Å². The molecule has 0 saturated heterocycles. The Labute approximate surface area is 92.9 Å². The standard InChI is InChI=1S/C8H6ClF3N2O2/c9-3-1-4(7(14)15)6(13)5(2-3)16-8(10,11)12/h1-2H,13H2,(H2,14,15). The first-order chi connectivity index (χ1) is 7.20. The van der Waals surface area contributed by atoms with Crippen LogP contribution in [0.2, 0.25) is 5.02 Å². The van der Waals surface area contributed by atoms with Crippen molar-refractivity contribution in [1.82, 2.24) is 0 Å². The second kappa shape index (κ2) is 4.09. The lowest BCUT2D eigenvalue weighted by molar-refractivity contribution is -0.274. The number of carbonyl (C=O) groups excluding carboxylic acids is 1. The van der Waals surface area contributed by atoms with Gasteiger partial charge in [0, 0.05) is 11.1 Å². The number of alkyl halides is 3. The minimum atomic E-state index is -4.92. The minimum absolute atomic E-state index is 0.137. The average molecular weight is 255 g/mol. The van der Waals surface area contributed by atoms with Gasteiger partial charge in [0.2, 0.25) is 0 Å². The van der Waals surface area contributed by atoms with Gasteiger partial charge in [0.15, 0.2) is 5.75 Å². The number of rotatable bonds is 2. The third kappa shape index (κ3) is 2.93. The molecule has 0 fully saturated rings. The van der Waals surface area contributed by atoms with E-state index < -0.39 is 23.7 Å². The molecule has 0 aliphatic heterocycles. The van der Waals surface area contributed by atoms with Gasteiger partial charge in [-0.1, -0.05) is 11.6 Å². The molecule has 1 amide bonds. The topological polar surface area (TPSA) is 78.3 Å². The van der Waals surface area contributed by atoms with Crippen LogP contribution in [0.5, 0.6) is 5.75 Å². The third-order valence-corrected chi connectivity index (χ3v) is 1.82. The molecule has 0 aliphatic carbocycles. The SMILES string of the molecule is NC(=O)c1cc(Cl)cc(OC(F)(F)F)c1N. The van der Waals surface area contributed by atoms with Crippen LogP contribution < -0.4 is 16.2 Å². The molecular weight excluding hydrogens is 249 g/mol. The monoisotopic (exact) mass is 254 g/mol. The van der Waals surface area contributed by atoms with Crippen molar-refractivity contribution in [2.45, 2.75) is 6.36 Å². The maximum Gasteiger partial charge on any atom is 0.573 e. The number of nitrogens with two attached hydrogens (primary N) is 2. The predicted molar refractivity (Wildman–Crippen MR) is 51.1 cm³/mol. The zero-order valence-corrected chi connectivity index (χ0v) is 8.39. The van der Waals surface area contributed by atoms with Gasteiger partial charge in [0.05, 0.1) is 11.3 Å². The first-order valence-corrected chi connectivity index (χ1v) is 4.23. The minimum Gasteiger partial charge on any atom is -0.404 e. The van der Waals surface area contributed by atoms with Crippen LogP contribution in [0.1, 0.15) is 10.4 Å². The normalized spacial score (nSPS) is 11.2. The van der Waals surface area contributed by atoms with Gasteiger partial charge >= 0.3 is 6.36 Å². The molecule has 0 radical (unpaired) electrons. The van der Waals surface area contributed by atoms with Crippen molar-refractivity contribution in [2.75, 3.05) is 5.73 Å². The van der Waals surface area contributed by atoms with Crippen LogP contribution in [-0.2, 0) is 0 Å². The molecule has 1 aromatic carbocycles. The lowest BCUT2D eigenvalue weighted by Gasteiger charge is -2.13. The molecule has 0 heterocycles. The molecule has 1 rings (SSSR count). The largest absolute Gasteiger partial charge is 0.573 e. The number of hydrogen-bond donors (Lipinski definition) is 2. The van der Waals surface area contributed by atoms with Crippen molar-refractivity contribution < 1.29 is 22.7 Å². The van der Waals surface area contributed by atoms with E-state index in [1.54, 1.807) is 0 Å². The van der Waals surface area contributed by atoms with Crippen molar-refractivity contribution in [2.24, 2.45) is 5.73 Å². The van der Waals surface area contributed by atoms with Gasteiger partial charge in [-0.15, -0.1) is 13.2 Å². The summed E-state index contributed by atoms with van der Waals surface area (Å²) in [7, 11) is 0. The molecular formula is C8H6ClF3N2O2. The van der Waals surface area contributed by atoms with E-state index in [9.17, 15) is 18.0 Å². The molecule has 0 spiro atoms. The summed E-state index contributed by atoms with van der Waals surface area (Å²) in [5.74, 6) is -1.75. The van der Waals surface area contributed by atoms with E-state index in [-0.39, 0.29) is 10.6 Å². The van der Waals surface area contributed by atoms with Crippen molar-refractivity contribution in [3.8, 4) is 5.75 Å². The summed E-state index contributed by atoms with van der Waals surface area (Å²) in [4.78, 5) is 10.8. The molecule has 4 N–H and O–H groups in total. The number of carbonyl (C=O) groups is 1. The fourth-order valence-electron chi connectivity index (χ4n) is 1.01. The molecule has 88 valence electrons. The van der Waals surface area contributed by atoms with Crippen molar-refractivity contribution >= 4 is 23.2 Å². The number of amides is 1. The lowest BCUT2D eigenvalue weighted by Crippen LogP contribution is -2.20. The first-order valence-electron chi connectivity index (χ1n) is 3.85. The van der Waals surface area contributed by atoms with Crippen LogP contribution in [0.4, 0.5) is 18.9 Å². The molecule has 0 aromatic heterocycles. The lowest BCUT2D eigenvalue weighted by atomic mass is 10.1. The number of halogens is 4. The van der Waals surface area contributed by atoms with Crippen LogP contribution in [0.25, 0.3) is 0 Å². The maximum absolute atomic E-state index is 11.9. The number of nitrogen functional groups attached to an aromatic ring is 1. The third-order valence-electron chi connectivity index (χ3n) is 1.60. The zero-order chi connectivity index (χ0) is 12.5. The quantitative estimate of drug-likeness (QED) is 0.792. The molecule has 16 heavy (non-hydrogen) atoms. The second-order valence-electron chi connectivity index (χ2n) is 2.78. The number of benzene rings is 1. The Morgan fingerprint density at radius 1 is 1.38 bits per heavy atom. The Morgan fingerprint density at radius 3 is 2.38 bits per heavy atom. The summed E-state index contributed by atoms with van der Waals surface area (Å²) in [5.41, 5.74) is 9.35. The Kier molecular flexibility index (Phi) is 3.18. The molecule has 0 bridgehead atoms. The van der Waals surface area contributed by atoms with E-state index in [2.05, 4.69) is 4.74 Å². The summed E-state index contributed by atoms with van der Waals surface area (Å²) in [6.45, 7) is 0. The maximum atomic E-state index is 11.9. The Morgan fingerprint density at radius 2 is 1.94 bits per heavy atom. The molecule has 8 heteroatoms. The van der Waals surface area contributed by atoms with Crippen molar-refractivity contribution in [1.29, 1.82) is 0 Å². The van der Waals surface area contributed by atoms with Crippen LogP contribution in [0.15, 0.2) is 12.1 Å². The van der Waals surface area contributed by atoms with Crippen LogP contribution in [-0.4, -0.2) is 12.3 Å². The highest BCUT2D eigenvalue weighted by Crippen LogP contribution is 2.33. The molecule has 0 aliphatic rings. The van der Waals surface area contributed by atoms with Crippen LogP contribution in [0.3, 0.4) is 0 Å². The molecule has 1 aromatic rings. The summed E-state index contributed by atoms with van der Waals surface area (Å²) in [6.07, 6.45) is -4.92. The van der Waals surface area contributed by atoms with E-state index in [4.69, 9.17) is 23.1 Å². The molecule has 0 saturated carbocycles. The number of ether oxygens (including phenoxy) is 1. The number of hydrogen-bond acceptors (Lipinski definition) is 3. The van der Waals surface area contributed by atoms with E-state index in [1.165, 1.54) is 0 Å². The number of anilines is 1. The smallest absolute Gasteiger partial charge is 0.404 e.